The van der Waals surface area contributed by atoms with Crippen molar-refractivity contribution in [2.45, 2.75) is 0 Å². The van der Waals surface area contributed by atoms with Gasteiger partial charge < -0.3 is 4.74 Å². The Balaban J connectivity index is 1.75. The molecule has 0 N–H and O–H groups in total. The lowest BCUT2D eigenvalue weighted by atomic mass is 10.1. The van der Waals surface area contributed by atoms with Gasteiger partial charge in [-0.1, -0.05) is 54.6 Å². The zero-order valence-corrected chi connectivity index (χ0v) is 12.3. The smallest absolute Gasteiger partial charge is 0.345 e. The lowest BCUT2D eigenvalue weighted by Crippen LogP contribution is -1.99. The average molecular weight is 299 g/mol. The van der Waals surface area contributed by atoms with E-state index in [-0.39, 0.29) is 5.97 Å². The molecule has 3 aromatic carbocycles. The predicted octanol–water partition coefficient (Wildman–Crippen LogP) is 4.60. The molecule has 0 radical (unpaired) electrons. The minimum absolute atomic E-state index is 0.349. The molecule has 0 spiro atoms. The van der Waals surface area contributed by atoms with E-state index >= 15 is 0 Å². The van der Waals surface area contributed by atoms with Gasteiger partial charge in [0, 0.05) is 0 Å². The molecule has 0 aliphatic carbocycles. The minimum Gasteiger partial charge on any atom is -0.403 e. The van der Waals surface area contributed by atoms with Crippen molar-refractivity contribution in [1.82, 2.24) is 0 Å². The van der Waals surface area contributed by atoms with Crippen LogP contribution in [0.15, 0.2) is 83.9 Å². The number of fused-ring (bicyclic) bond motifs is 1. The van der Waals surface area contributed by atoms with Crippen LogP contribution in [-0.2, 0) is 4.74 Å². The van der Waals surface area contributed by atoms with Gasteiger partial charge in [-0.25, -0.2) is 9.79 Å². The molecule has 0 atom stereocenters. The lowest BCUT2D eigenvalue weighted by Gasteiger charge is -2.03. The molecule has 0 saturated heterocycles. The van der Waals surface area contributed by atoms with Gasteiger partial charge in [-0.3, -0.25) is 0 Å². The van der Waals surface area contributed by atoms with Crippen LogP contribution in [0.1, 0.15) is 15.9 Å². The third kappa shape index (κ3) is 2.53. The quantitative estimate of drug-likeness (QED) is 0.648. The van der Waals surface area contributed by atoms with Gasteiger partial charge in [-0.15, -0.1) is 0 Å². The van der Waals surface area contributed by atoms with Gasteiger partial charge in [-0.05, 0) is 35.4 Å². The Morgan fingerprint density at radius 2 is 1.39 bits per heavy atom. The summed E-state index contributed by atoms with van der Waals surface area (Å²) in [5, 5.41) is 0. The summed E-state index contributed by atoms with van der Waals surface area (Å²) in [7, 11) is 0. The van der Waals surface area contributed by atoms with Crippen molar-refractivity contribution in [3.8, 4) is 11.1 Å². The second-order valence-corrected chi connectivity index (χ2v) is 5.27. The van der Waals surface area contributed by atoms with Crippen molar-refractivity contribution in [3.05, 3.63) is 90.0 Å². The molecular formula is C20H13NO2. The highest BCUT2D eigenvalue weighted by molar-refractivity contribution is 6.17. The molecular weight excluding hydrogens is 286 g/mol. The van der Waals surface area contributed by atoms with Crippen molar-refractivity contribution in [2.24, 2.45) is 4.99 Å². The number of carbonyl (C=O) groups excluding carboxylic acids is 1. The molecule has 23 heavy (non-hydrogen) atoms. The first kappa shape index (κ1) is 13.5. The molecule has 0 bridgehead atoms. The summed E-state index contributed by atoms with van der Waals surface area (Å²) in [4.78, 5) is 16.4. The van der Waals surface area contributed by atoms with Crippen LogP contribution in [0.2, 0.25) is 0 Å². The summed E-state index contributed by atoms with van der Waals surface area (Å²) in [5.41, 5.74) is 4.25. The van der Waals surface area contributed by atoms with E-state index in [0.717, 1.165) is 22.4 Å². The molecule has 3 nitrogen and oxygen atoms in total. The molecule has 3 heteroatoms. The van der Waals surface area contributed by atoms with E-state index in [1.807, 2.05) is 60.7 Å². The van der Waals surface area contributed by atoms with E-state index in [4.69, 9.17) is 4.74 Å². The first-order valence-electron chi connectivity index (χ1n) is 7.37. The van der Waals surface area contributed by atoms with Gasteiger partial charge in [0.25, 0.3) is 0 Å². The van der Waals surface area contributed by atoms with E-state index in [0.29, 0.717) is 11.5 Å². The SMILES string of the molecule is O=C1OC(=Nc2cccc(-c3ccccc3)c2)c2ccccc21. The van der Waals surface area contributed by atoms with Gasteiger partial charge in [0.15, 0.2) is 0 Å². The topological polar surface area (TPSA) is 38.7 Å². The summed E-state index contributed by atoms with van der Waals surface area (Å²) in [6.07, 6.45) is 0. The largest absolute Gasteiger partial charge is 0.403 e. The number of nitrogens with zero attached hydrogens (tertiary/aromatic N) is 1. The van der Waals surface area contributed by atoms with Crippen LogP contribution in [0, 0.1) is 0 Å². The van der Waals surface area contributed by atoms with E-state index in [9.17, 15) is 4.79 Å². The van der Waals surface area contributed by atoms with Crippen molar-refractivity contribution in [1.29, 1.82) is 0 Å². The Morgan fingerprint density at radius 3 is 2.22 bits per heavy atom. The lowest BCUT2D eigenvalue weighted by molar-refractivity contribution is 0.0737. The molecule has 0 fully saturated rings. The second-order valence-electron chi connectivity index (χ2n) is 5.27. The summed E-state index contributed by atoms with van der Waals surface area (Å²) in [6.45, 7) is 0. The first-order chi connectivity index (χ1) is 11.3. The maximum absolute atomic E-state index is 11.9. The average Bonchev–Trinajstić information content (AvgIpc) is 2.92. The number of cyclic esters (lactones) is 1. The zero-order valence-electron chi connectivity index (χ0n) is 12.3. The number of hydrogen-bond donors (Lipinski definition) is 0. The fourth-order valence-electron chi connectivity index (χ4n) is 2.63. The Kier molecular flexibility index (Phi) is 3.24. The van der Waals surface area contributed by atoms with Crippen LogP contribution in [0.4, 0.5) is 5.69 Å². The molecule has 1 aliphatic heterocycles. The van der Waals surface area contributed by atoms with Gasteiger partial charge in [-0.2, -0.15) is 0 Å². The highest BCUT2D eigenvalue weighted by Gasteiger charge is 2.27. The first-order valence-corrected chi connectivity index (χ1v) is 7.37. The highest BCUT2D eigenvalue weighted by Crippen LogP contribution is 2.27. The fraction of sp³-hybridized carbons (Fsp3) is 0. The van der Waals surface area contributed by atoms with Crippen LogP contribution >= 0.6 is 0 Å². The summed E-state index contributed by atoms with van der Waals surface area (Å²) < 4.78 is 5.29. The molecule has 0 saturated carbocycles. The van der Waals surface area contributed by atoms with Crippen molar-refractivity contribution in [3.63, 3.8) is 0 Å². The molecule has 1 aliphatic rings. The Hall–Kier alpha value is -3.20. The Labute approximate surface area is 133 Å². The number of hydrogen-bond acceptors (Lipinski definition) is 3. The van der Waals surface area contributed by atoms with E-state index in [1.54, 1.807) is 6.07 Å². The fourth-order valence-corrected chi connectivity index (χ4v) is 2.63. The van der Waals surface area contributed by atoms with E-state index < -0.39 is 0 Å². The van der Waals surface area contributed by atoms with Crippen LogP contribution in [0.5, 0.6) is 0 Å². The molecule has 110 valence electrons. The summed E-state index contributed by atoms with van der Waals surface area (Å²) in [6, 6.07) is 25.3. The third-order valence-corrected chi connectivity index (χ3v) is 3.75. The molecule has 0 unspecified atom stereocenters. The van der Waals surface area contributed by atoms with Crippen molar-refractivity contribution < 1.29 is 9.53 Å². The van der Waals surface area contributed by atoms with Crippen LogP contribution in [-0.4, -0.2) is 11.9 Å². The summed E-state index contributed by atoms with van der Waals surface area (Å²) >= 11 is 0. The minimum atomic E-state index is -0.349. The van der Waals surface area contributed by atoms with Crippen LogP contribution < -0.4 is 0 Å². The van der Waals surface area contributed by atoms with Crippen LogP contribution in [0.25, 0.3) is 11.1 Å². The molecule has 1 heterocycles. The van der Waals surface area contributed by atoms with Gasteiger partial charge in [0.2, 0.25) is 5.90 Å². The maximum Gasteiger partial charge on any atom is 0.345 e. The molecule has 0 aromatic heterocycles. The van der Waals surface area contributed by atoms with E-state index in [2.05, 4.69) is 17.1 Å². The number of rotatable bonds is 2. The Morgan fingerprint density at radius 1 is 0.696 bits per heavy atom. The van der Waals surface area contributed by atoms with E-state index in [1.165, 1.54) is 0 Å². The highest BCUT2D eigenvalue weighted by atomic mass is 16.5. The number of benzene rings is 3. The zero-order chi connectivity index (χ0) is 15.6. The molecule has 0 amide bonds. The van der Waals surface area contributed by atoms with Crippen molar-refractivity contribution >= 4 is 17.6 Å². The van der Waals surface area contributed by atoms with Crippen molar-refractivity contribution in [2.75, 3.05) is 0 Å². The number of aliphatic imine (C=N–C) groups is 1. The number of esters is 1. The standard InChI is InChI=1S/C20H13NO2/c22-20-18-12-5-4-11-17(18)19(23-20)21-16-10-6-9-15(13-16)14-7-2-1-3-8-14/h1-13H. The maximum atomic E-state index is 11.9. The van der Waals surface area contributed by atoms with Gasteiger partial charge in [0.1, 0.15) is 0 Å². The van der Waals surface area contributed by atoms with Gasteiger partial charge in [0.05, 0.1) is 16.8 Å². The normalized spacial score (nSPS) is 14.6. The molecule has 3 aromatic rings. The number of ether oxygens (including phenoxy) is 1. The predicted molar refractivity (Wildman–Crippen MR) is 89.9 cm³/mol. The van der Waals surface area contributed by atoms with Crippen LogP contribution in [0.3, 0.4) is 0 Å². The Bertz CT molecular complexity index is 914. The number of carbonyl (C=O) groups is 1. The monoisotopic (exact) mass is 299 g/mol. The summed E-state index contributed by atoms with van der Waals surface area (Å²) in [5.74, 6) is 0.00868. The van der Waals surface area contributed by atoms with Gasteiger partial charge >= 0.3 is 5.97 Å². The second kappa shape index (κ2) is 5.54. The molecule has 4 rings (SSSR count). The third-order valence-electron chi connectivity index (χ3n) is 3.75.